The largest absolute Gasteiger partial charge is 0.328 e. The van der Waals surface area contributed by atoms with Gasteiger partial charge in [0.15, 0.2) is 4.96 Å². The minimum atomic E-state index is 0.188. The Morgan fingerprint density at radius 1 is 1.56 bits per heavy atom. The highest BCUT2D eigenvalue weighted by atomic mass is 32.2. The van der Waals surface area contributed by atoms with Crippen molar-refractivity contribution < 1.29 is 0 Å². The first-order chi connectivity index (χ1) is 8.74. The van der Waals surface area contributed by atoms with Crippen LogP contribution in [0.25, 0.3) is 4.96 Å². The lowest BCUT2D eigenvalue weighted by atomic mass is 10.2. The van der Waals surface area contributed by atoms with E-state index in [0.29, 0.717) is 0 Å². The number of nitrogens with zero attached hydrogens (tertiary/aromatic N) is 2. The first-order valence-electron chi connectivity index (χ1n) is 6.60. The summed E-state index contributed by atoms with van der Waals surface area (Å²) in [6, 6.07) is 0.188. The molecule has 98 valence electrons. The minimum absolute atomic E-state index is 0.188. The highest BCUT2D eigenvalue weighted by molar-refractivity contribution is 7.99. The number of imidazole rings is 1. The average molecular weight is 281 g/mol. The van der Waals surface area contributed by atoms with Gasteiger partial charge in [-0.2, -0.15) is 0 Å². The Bertz CT molecular complexity index is 523. The summed E-state index contributed by atoms with van der Waals surface area (Å²) in [7, 11) is 0. The first-order valence-corrected chi connectivity index (χ1v) is 8.36. The summed E-state index contributed by atoms with van der Waals surface area (Å²) < 4.78 is 2.21. The number of nitrogens with two attached hydrogens (primary N) is 1. The van der Waals surface area contributed by atoms with Crippen molar-refractivity contribution in [3.63, 3.8) is 0 Å². The first kappa shape index (κ1) is 12.5. The van der Waals surface area contributed by atoms with Crippen molar-refractivity contribution in [2.24, 2.45) is 5.73 Å². The monoisotopic (exact) mass is 281 g/mol. The van der Waals surface area contributed by atoms with Crippen molar-refractivity contribution in [3.8, 4) is 0 Å². The van der Waals surface area contributed by atoms with Crippen LogP contribution in [0.2, 0.25) is 0 Å². The number of aromatic nitrogens is 2. The van der Waals surface area contributed by atoms with Crippen LogP contribution in [0, 0.1) is 0 Å². The van der Waals surface area contributed by atoms with E-state index in [4.69, 9.17) is 10.7 Å². The van der Waals surface area contributed by atoms with Crippen LogP contribution in [0.1, 0.15) is 38.3 Å². The highest BCUT2D eigenvalue weighted by Crippen LogP contribution is 2.37. The van der Waals surface area contributed by atoms with Gasteiger partial charge in [-0.15, -0.1) is 23.1 Å². The topological polar surface area (TPSA) is 43.3 Å². The second-order valence-corrected chi connectivity index (χ2v) is 7.29. The van der Waals surface area contributed by atoms with E-state index >= 15 is 0 Å². The second-order valence-electron chi connectivity index (χ2n) is 5.12. The minimum Gasteiger partial charge on any atom is -0.328 e. The number of hydrogen-bond donors (Lipinski definition) is 1. The van der Waals surface area contributed by atoms with E-state index in [2.05, 4.69) is 22.9 Å². The average Bonchev–Trinajstić information content (AvgIpc) is 2.99. The predicted molar refractivity (Wildman–Crippen MR) is 78.5 cm³/mol. The maximum Gasteiger partial charge on any atom is 0.194 e. The van der Waals surface area contributed by atoms with Crippen LogP contribution in [-0.2, 0) is 6.42 Å². The zero-order chi connectivity index (χ0) is 12.5. The lowest BCUT2D eigenvalue weighted by molar-refractivity contribution is 0.705. The van der Waals surface area contributed by atoms with Crippen LogP contribution < -0.4 is 5.73 Å². The summed E-state index contributed by atoms with van der Waals surface area (Å²) in [4.78, 5) is 5.88. The molecule has 3 nitrogen and oxygen atoms in total. The molecular formula is C13H19N3S2. The maximum atomic E-state index is 5.97. The standard InChI is InChI=1S/C13H19N3S2/c1-9(14)8-11-12(18-10-4-2-3-5-10)15-13-16(11)6-7-17-13/h6-7,9-10H,2-5,8,14H2,1H3. The fourth-order valence-electron chi connectivity index (χ4n) is 2.56. The lowest BCUT2D eigenvalue weighted by Crippen LogP contribution is -2.19. The molecule has 0 bridgehead atoms. The van der Waals surface area contributed by atoms with E-state index < -0.39 is 0 Å². The molecule has 1 atom stereocenters. The molecule has 0 saturated heterocycles. The van der Waals surface area contributed by atoms with Crippen molar-refractivity contribution in [3.05, 3.63) is 17.3 Å². The number of thiazole rings is 1. The number of thioether (sulfide) groups is 1. The Balaban J connectivity index is 1.90. The summed E-state index contributed by atoms with van der Waals surface area (Å²) in [5.74, 6) is 0. The molecule has 5 heteroatoms. The van der Waals surface area contributed by atoms with E-state index in [1.165, 1.54) is 36.4 Å². The highest BCUT2D eigenvalue weighted by Gasteiger charge is 2.21. The van der Waals surface area contributed by atoms with E-state index in [1.807, 2.05) is 11.8 Å². The zero-order valence-electron chi connectivity index (χ0n) is 10.6. The molecular weight excluding hydrogens is 262 g/mol. The van der Waals surface area contributed by atoms with E-state index in [1.54, 1.807) is 11.3 Å². The van der Waals surface area contributed by atoms with Gasteiger partial charge in [0, 0.05) is 29.3 Å². The number of hydrogen-bond acceptors (Lipinski definition) is 4. The summed E-state index contributed by atoms with van der Waals surface area (Å²) in [6.45, 7) is 2.07. The van der Waals surface area contributed by atoms with E-state index in [0.717, 1.165) is 16.6 Å². The van der Waals surface area contributed by atoms with Gasteiger partial charge in [-0.1, -0.05) is 12.8 Å². The van der Waals surface area contributed by atoms with Gasteiger partial charge in [-0.3, -0.25) is 4.40 Å². The summed E-state index contributed by atoms with van der Waals surface area (Å²) >= 11 is 3.67. The van der Waals surface area contributed by atoms with Crippen LogP contribution >= 0.6 is 23.1 Å². The normalized spacial score (nSPS) is 18.8. The van der Waals surface area contributed by atoms with Gasteiger partial charge in [0.25, 0.3) is 0 Å². The molecule has 2 aromatic rings. The Morgan fingerprint density at radius 2 is 2.33 bits per heavy atom. The molecule has 18 heavy (non-hydrogen) atoms. The maximum absolute atomic E-state index is 5.97. The van der Waals surface area contributed by atoms with Gasteiger partial charge in [0.2, 0.25) is 0 Å². The molecule has 1 saturated carbocycles. The molecule has 0 radical (unpaired) electrons. The number of rotatable bonds is 4. The second kappa shape index (κ2) is 5.23. The molecule has 0 spiro atoms. The predicted octanol–water partition coefficient (Wildman–Crippen LogP) is 3.32. The third kappa shape index (κ3) is 2.44. The molecule has 1 aliphatic carbocycles. The Hall–Kier alpha value is -0.520. The molecule has 1 aliphatic rings. The van der Waals surface area contributed by atoms with Gasteiger partial charge >= 0.3 is 0 Å². The molecule has 1 fully saturated rings. The Morgan fingerprint density at radius 3 is 3.06 bits per heavy atom. The zero-order valence-corrected chi connectivity index (χ0v) is 12.3. The molecule has 2 N–H and O–H groups in total. The van der Waals surface area contributed by atoms with Crippen LogP contribution in [0.4, 0.5) is 0 Å². The van der Waals surface area contributed by atoms with Crippen molar-refractivity contribution in [1.29, 1.82) is 0 Å². The van der Waals surface area contributed by atoms with Gasteiger partial charge in [-0.25, -0.2) is 4.98 Å². The quantitative estimate of drug-likeness (QED) is 0.935. The van der Waals surface area contributed by atoms with Crippen LogP contribution in [0.15, 0.2) is 16.6 Å². The molecule has 2 heterocycles. The van der Waals surface area contributed by atoms with Gasteiger partial charge < -0.3 is 5.73 Å². The smallest absolute Gasteiger partial charge is 0.194 e. The third-order valence-electron chi connectivity index (χ3n) is 3.42. The molecule has 2 aromatic heterocycles. The Labute approximate surface area is 116 Å². The Kier molecular flexibility index (Phi) is 3.63. The molecule has 0 aromatic carbocycles. The fraction of sp³-hybridized carbons (Fsp3) is 0.615. The van der Waals surface area contributed by atoms with Crippen molar-refractivity contribution in [2.75, 3.05) is 0 Å². The van der Waals surface area contributed by atoms with Crippen LogP contribution in [-0.4, -0.2) is 20.7 Å². The van der Waals surface area contributed by atoms with Gasteiger partial charge in [0.1, 0.15) is 5.03 Å². The van der Waals surface area contributed by atoms with Crippen molar-refractivity contribution in [2.45, 2.75) is 55.3 Å². The summed E-state index contributed by atoms with van der Waals surface area (Å²) in [5, 5.41) is 4.07. The molecule has 0 amide bonds. The van der Waals surface area contributed by atoms with E-state index in [9.17, 15) is 0 Å². The molecule has 1 unspecified atom stereocenters. The number of fused-ring (bicyclic) bond motifs is 1. The van der Waals surface area contributed by atoms with Crippen molar-refractivity contribution in [1.82, 2.24) is 9.38 Å². The summed E-state index contributed by atoms with van der Waals surface area (Å²) in [6.07, 6.45) is 8.46. The van der Waals surface area contributed by atoms with E-state index in [-0.39, 0.29) is 6.04 Å². The summed E-state index contributed by atoms with van der Waals surface area (Å²) in [5.41, 5.74) is 7.28. The van der Waals surface area contributed by atoms with Crippen molar-refractivity contribution >= 4 is 28.1 Å². The van der Waals surface area contributed by atoms with Crippen LogP contribution in [0.5, 0.6) is 0 Å². The SMILES string of the molecule is CC(N)Cc1c(SC2CCCC2)nc2sccn12. The van der Waals surface area contributed by atoms with Crippen LogP contribution in [0.3, 0.4) is 0 Å². The fourth-order valence-corrected chi connectivity index (χ4v) is 4.69. The molecule has 0 aliphatic heterocycles. The molecule has 3 rings (SSSR count). The lowest BCUT2D eigenvalue weighted by Gasteiger charge is -2.10. The van der Waals surface area contributed by atoms with Gasteiger partial charge in [0.05, 0.1) is 5.69 Å². The third-order valence-corrected chi connectivity index (χ3v) is 5.53. The van der Waals surface area contributed by atoms with Gasteiger partial charge in [-0.05, 0) is 19.8 Å².